The molecule has 0 aliphatic heterocycles. The van der Waals surface area contributed by atoms with Gasteiger partial charge in [-0.2, -0.15) is 0 Å². The second-order valence-corrected chi connectivity index (χ2v) is 4.42. The number of hydrogen-bond donors (Lipinski definition) is 1. The fourth-order valence-corrected chi connectivity index (χ4v) is 1.67. The summed E-state index contributed by atoms with van der Waals surface area (Å²) in [4.78, 5) is 0. The van der Waals surface area contributed by atoms with Crippen molar-refractivity contribution >= 4 is 0 Å². The van der Waals surface area contributed by atoms with Gasteiger partial charge in [0.2, 0.25) is 0 Å². The lowest BCUT2D eigenvalue weighted by molar-refractivity contribution is 0.209. The zero-order valence-corrected chi connectivity index (χ0v) is 8.65. The molecule has 0 aromatic rings. The van der Waals surface area contributed by atoms with E-state index in [2.05, 4.69) is 25.7 Å². The van der Waals surface area contributed by atoms with Crippen molar-refractivity contribution in [1.29, 1.82) is 0 Å². The molecule has 2 heteroatoms. The third kappa shape index (κ3) is 3.47. The molecule has 1 N–H and O–H groups in total. The summed E-state index contributed by atoms with van der Waals surface area (Å²) in [5.41, 5.74) is 1.19. The molecular formula is C11H20FN. The molecule has 2 unspecified atom stereocenters. The van der Waals surface area contributed by atoms with Gasteiger partial charge in [0.25, 0.3) is 0 Å². The Labute approximate surface area is 80.4 Å². The number of alkyl halides is 1. The highest BCUT2D eigenvalue weighted by Crippen LogP contribution is 2.24. The van der Waals surface area contributed by atoms with Gasteiger partial charge in [0, 0.05) is 6.04 Å². The summed E-state index contributed by atoms with van der Waals surface area (Å²) >= 11 is 0. The van der Waals surface area contributed by atoms with Gasteiger partial charge in [-0.15, -0.1) is 0 Å². The van der Waals surface area contributed by atoms with Gasteiger partial charge >= 0.3 is 0 Å². The molecule has 1 aliphatic rings. The van der Waals surface area contributed by atoms with Crippen molar-refractivity contribution in [3.05, 3.63) is 12.2 Å². The maximum Gasteiger partial charge on any atom is 0.116 e. The fourth-order valence-electron chi connectivity index (χ4n) is 1.67. The van der Waals surface area contributed by atoms with Crippen LogP contribution < -0.4 is 5.32 Å². The third-order valence-corrected chi connectivity index (χ3v) is 2.51. The first-order valence-corrected chi connectivity index (χ1v) is 5.13. The molecule has 2 atom stereocenters. The van der Waals surface area contributed by atoms with Gasteiger partial charge in [-0.3, -0.25) is 0 Å². The number of hydrogen-bond acceptors (Lipinski definition) is 1. The van der Waals surface area contributed by atoms with Crippen molar-refractivity contribution in [3.63, 3.8) is 0 Å². The van der Waals surface area contributed by atoms with Crippen LogP contribution in [0.4, 0.5) is 4.39 Å². The van der Waals surface area contributed by atoms with E-state index in [9.17, 15) is 4.39 Å². The summed E-state index contributed by atoms with van der Waals surface area (Å²) in [6.45, 7) is 9.09. The Morgan fingerprint density at radius 3 is 2.92 bits per heavy atom. The van der Waals surface area contributed by atoms with Crippen molar-refractivity contribution in [1.82, 2.24) is 5.32 Å². The van der Waals surface area contributed by atoms with Crippen molar-refractivity contribution < 1.29 is 4.39 Å². The molecule has 0 aromatic heterocycles. The lowest BCUT2D eigenvalue weighted by Crippen LogP contribution is -2.41. The minimum atomic E-state index is -0.677. The van der Waals surface area contributed by atoms with Crippen LogP contribution in [-0.4, -0.2) is 18.8 Å². The molecule has 1 fully saturated rings. The Balaban J connectivity index is 2.33. The summed E-state index contributed by atoms with van der Waals surface area (Å²) in [7, 11) is 0. The number of halogens is 1. The Kier molecular flexibility index (Phi) is 3.91. The minimum Gasteiger partial charge on any atom is -0.311 e. The molecule has 0 amide bonds. The van der Waals surface area contributed by atoms with E-state index in [1.165, 1.54) is 5.57 Å². The highest BCUT2D eigenvalue weighted by Gasteiger charge is 2.25. The molecule has 0 saturated heterocycles. The SMILES string of the molecule is C=C1CCC(F)C(NCC(C)C)C1. The van der Waals surface area contributed by atoms with Crippen molar-refractivity contribution in [2.75, 3.05) is 6.54 Å². The second-order valence-electron chi connectivity index (χ2n) is 4.42. The topological polar surface area (TPSA) is 12.0 Å². The number of nitrogens with one attached hydrogen (secondary N) is 1. The van der Waals surface area contributed by atoms with E-state index < -0.39 is 6.17 Å². The smallest absolute Gasteiger partial charge is 0.116 e. The first-order valence-electron chi connectivity index (χ1n) is 5.13. The van der Waals surface area contributed by atoms with E-state index in [1.807, 2.05) is 0 Å². The van der Waals surface area contributed by atoms with Crippen LogP contribution in [0.2, 0.25) is 0 Å². The predicted octanol–water partition coefficient (Wildman–Crippen LogP) is 2.68. The summed E-state index contributed by atoms with van der Waals surface area (Å²) in [5.74, 6) is 0.586. The van der Waals surface area contributed by atoms with E-state index in [-0.39, 0.29) is 6.04 Å². The molecule has 76 valence electrons. The van der Waals surface area contributed by atoms with Gasteiger partial charge in [-0.1, -0.05) is 26.0 Å². The highest BCUT2D eigenvalue weighted by molar-refractivity contribution is 5.04. The van der Waals surface area contributed by atoms with Gasteiger partial charge in [0.05, 0.1) is 0 Å². The fraction of sp³-hybridized carbons (Fsp3) is 0.818. The van der Waals surface area contributed by atoms with Crippen LogP contribution in [0, 0.1) is 5.92 Å². The molecule has 1 saturated carbocycles. The summed E-state index contributed by atoms with van der Waals surface area (Å²) in [5, 5.41) is 3.27. The standard InChI is InChI=1S/C11H20FN/c1-8(2)7-13-11-6-9(3)4-5-10(11)12/h8,10-11,13H,3-7H2,1-2H3. The second kappa shape index (κ2) is 4.75. The molecule has 1 nitrogen and oxygen atoms in total. The molecule has 0 radical (unpaired) electrons. The van der Waals surface area contributed by atoms with E-state index in [0.717, 1.165) is 19.4 Å². The summed E-state index contributed by atoms with van der Waals surface area (Å²) in [6, 6.07) is 0.0173. The number of rotatable bonds is 3. The van der Waals surface area contributed by atoms with Crippen LogP contribution in [0.5, 0.6) is 0 Å². The van der Waals surface area contributed by atoms with E-state index in [0.29, 0.717) is 12.3 Å². The molecule has 0 aromatic carbocycles. The quantitative estimate of drug-likeness (QED) is 0.667. The lowest BCUT2D eigenvalue weighted by Gasteiger charge is -2.29. The van der Waals surface area contributed by atoms with Crippen LogP contribution in [0.15, 0.2) is 12.2 Å². The summed E-state index contributed by atoms with van der Waals surface area (Å²) < 4.78 is 13.4. The van der Waals surface area contributed by atoms with Crippen LogP contribution in [0.25, 0.3) is 0 Å². The van der Waals surface area contributed by atoms with E-state index >= 15 is 0 Å². The molecule has 0 spiro atoms. The van der Waals surface area contributed by atoms with Gasteiger partial charge < -0.3 is 5.32 Å². The zero-order valence-electron chi connectivity index (χ0n) is 8.65. The average molecular weight is 185 g/mol. The van der Waals surface area contributed by atoms with E-state index in [1.54, 1.807) is 0 Å². The van der Waals surface area contributed by atoms with Gasteiger partial charge in [-0.05, 0) is 31.7 Å². The first-order chi connectivity index (χ1) is 6.09. The highest BCUT2D eigenvalue weighted by atomic mass is 19.1. The first kappa shape index (κ1) is 10.7. The largest absolute Gasteiger partial charge is 0.311 e. The van der Waals surface area contributed by atoms with Crippen molar-refractivity contribution in [2.24, 2.45) is 5.92 Å². The monoisotopic (exact) mass is 185 g/mol. The predicted molar refractivity (Wildman–Crippen MR) is 54.5 cm³/mol. The lowest BCUT2D eigenvalue weighted by atomic mass is 9.90. The Hall–Kier alpha value is -0.370. The minimum absolute atomic E-state index is 0.0173. The van der Waals surface area contributed by atoms with Crippen molar-refractivity contribution in [3.8, 4) is 0 Å². The average Bonchev–Trinajstić information content (AvgIpc) is 2.06. The van der Waals surface area contributed by atoms with Crippen LogP contribution >= 0.6 is 0 Å². The van der Waals surface area contributed by atoms with Gasteiger partial charge in [0.15, 0.2) is 0 Å². The van der Waals surface area contributed by atoms with Gasteiger partial charge in [-0.25, -0.2) is 4.39 Å². The maximum atomic E-state index is 13.4. The Morgan fingerprint density at radius 1 is 1.62 bits per heavy atom. The van der Waals surface area contributed by atoms with Crippen LogP contribution in [-0.2, 0) is 0 Å². The van der Waals surface area contributed by atoms with E-state index in [4.69, 9.17) is 0 Å². The molecule has 0 bridgehead atoms. The normalized spacial score (nSPS) is 29.7. The summed E-state index contributed by atoms with van der Waals surface area (Å²) in [6.07, 6.45) is 1.65. The Bertz CT molecular complexity index is 177. The molecule has 1 aliphatic carbocycles. The molecule has 1 rings (SSSR count). The van der Waals surface area contributed by atoms with Crippen LogP contribution in [0.3, 0.4) is 0 Å². The molecular weight excluding hydrogens is 165 g/mol. The third-order valence-electron chi connectivity index (χ3n) is 2.51. The zero-order chi connectivity index (χ0) is 9.84. The van der Waals surface area contributed by atoms with Gasteiger partial charge in [0.1, 0.15) is 6.17 Å². The van der Waals surface area contributed by atoms with Crippen molar-refractivity contribution in [2.45, 2.75) is 45.3 Å². The maximum absolute atomic E-state index is 13.4. The van der Waals surface area contributed by atoms with Crippen LogP contribution in [0.1, 0.15) is 33.1 Å². The molecule has 0 heterocycles. The Morgan fingerprint density at radius 2 is 2.31 bits per heavy atom. The molecule has 13 heavy (non-hydrogen) atoms.